The minimum absolute atomic E-state index is 0.00624. The normalized spacial score (nSPS) is 10.6. The van der Waals surface area contributed by atoms with Gasteiger partial charge in [-0.2, -0.15) is 0 Å². The molecular formula is C13H9N5O5. The molecule has 10 heteroatoms. The van der Waals surface area contributed by atoms with Crippen LogP contribution in [-0.4, -0.2) is 40.5 Å². The van der Waals surface area contributed by atoms with Gasteiger partial charge in [0, 0.05) is 17.7 Å². The maximum atomic E-state index is 10.9. The van der Waals surface area contributed by atoms with Crippen LogP contribution in [0.4, 0.5) is 5.69 Å². The van der Waals surface area contributed by atoms with E-state index in [0.717, 1.165) is 16.9 Å². The molecule has 0 amide bonds. The number of nitro groups is 1. The number of rotatable bonds is 3. The van der Waals surface area contributed by atoms with E-state index in [1.807, 2.05) is 0 Å². The van der Waals surface area contributed by atoms with Crippen LogP contribution in [0.3, 0.4) is 0 Å². The van der Waals surface area contributed by atoms with E-state index in [1.165, 1.54) is 12.1 Å². The molecule has 10 nitrogen and oxygen atoms in total. The van der Waals surface area contributed by atoms with Gasteiger partial charge in [-0.25, -0.2) is 0 Å². The van der Waals surface area contributed by atoms with E-state index >= 15 is 0 Å². The zero-order valence-corrected chi connectivity index (χ0v) is 11.4. The van der Waals surface area contributed by atoms with Gasteiger partial charge in [-0.3, -0.25) is 10.1 Å². The molecule has 116 valence electrons. The third kappa shape index (κ3) is 2.60. The van der Waals surface area contributed by atoms with Gasteiger partial charge >= 0.3 is 5.69 Å². The number of phenols is 3. The molecule has 0 aliphatic heterocycles. The first-order valence-corrected chi connectivity index (χ1v) is 6.26. The van der Waals surface area contributed by atoms with Gasteiger partial charge < -0.3 is 15.3 Å². The van der Waals surface area contributed by atoms with Crippen molar-refractivity contribution in [2.75, 3.05) is 0 Å². The highest BCUT2D eigenvalue weighted by Gasteiger charge is 2.21. The third-order valence-electron chi connectivity index (χ3n) is 3.00. The Morgan fingerprint density at radius 1 is 1.13 bits per heavy atom. The van der Waals surface area contributed by atoms with E-state index in [2.05, 4.69) is 15.4 Å². The van der Waals surface area contributed by atoms with Crippen molar-refractivity contribution in [1.29, 1.82) is 0 Å². The van der Waals surface area contributed by atoms with Crippen LogP contribution < -0.4 is 0 Å². The second-order valence-electron chi connectivity index (χ2n) is 4.54. The predicted octanol–water partition coefficient (Wildman–Crippen LogP) is 1.35. The van der Waals surface area contributed by atoms with E-state index in [1.54, 1.807) is 12.1 Å². The van der Waals surface area contributed by atoms with Crippen molar-refractivity contribution < 1.29 is 20.2 Å². The number of aromatic nitrogens is 4. The summed E-state index contributed by atoms with van der Waals surface area (Å²) in [4.78, 5) is 11.1. The summed E-state index contributed by atoms with van der Waals surface area (Å²) in [6, 6.07) is 8.21. The Morgan fingerprint density at radius 2 is 1.91 bits per heavy atom. The Kier molecular flexibility index (Phi) is 3.26. The third-order valence-corrected chi connectivity index (χ3v) is 3.00. The topological polar surface area (TPSA) is 147 Å². The first kappa shape index (κ1) is 14.3. The van der Waals surface area contributed by atoms with Gasteiger partial charge in [-0.05, 0) is 23.4 Å². The minimum atomic E-state index is -0.835. The first-order valence-electron chi connectivity index (χ1n) is 6.26. The lowest BCUT2D eigenvalue weighted by atomic mass is 10.1. The number of nitrogens with zero attached hydrogens (tertiary/aromatic N) is 5. The SMILES string of the molecule is O=[N+]([O-])c1cc(-c2nnn(-c3cccc(O)c3)n2)cc(O)c1O. The van der Waals surface area contributed by atoms with E-state index in [4.69, 9.17) is 0 Å². The van der Waals surface area contributed by atoms with Crippen molar-refractivity contribution in [3.63, 3.8) is 0 Å². The summed E-state index contributed by atoms with van der Waals surface area (Å²) in [6.07, 6.45) is 0. The van der Waals surface area contributed by atoms with Gasteiger partial charge in [0.15, 0.2) is 5.75 Å². The standard InChI is InChI=1S/C13H9N5O5/c19-9-3-1-2-8(6-9)17-15-13(14-16-17)7-4-10(18(22)23)12(21)11(20)5-7/h1-6,19-21H. The van der Waals surface area contributed by atoms with Crippen LogP contribution in [-0.2, 0) is 0 Å². The fraction of sp³-hybridized carbons (Fsp3) is 0. The Labute approximate surface area is 128 Å². The quantitative estimate of drug-likeness (QED) is 0.373. The summed E-state index contributed by atoms with van der Waals surface area (Å²) < 4.78 is 0. The van der Waals surface area contributed by atoms with Crippen molar-refractivity contribution in [3.05, 3.63) is 46.5 Å². The molecule has 1 aromatic heterocycles. The molecule has 0 aliphatic rings. The largest absolute Gasteiger partial charge is 0.508 e. The average Bonchev–Trinajstić information content (AvgIpc) is 2.99. The van der Waals surface area contributed by atoms with Gasteiger partial charge in [-0.15, -0.1) is 15.0 Å². The molecule has 0 fully saturated rings. The van der Waals surface area contributed by atoms with Crippen LogP contribution in [0.5, 0.6) is 17.2 Å². The summed E-state index contributed by atoms with van der Waals surface area (Å²) in [5.74, 6) is -1.48. The number of tetrazole rings is 1. The monoisotopic (exact) mass is 315 g/mol. The highest BCUT2D eigenvalue weighted by Crippen LogP contribution is 2.38. The number of aromatic hydroxyl groups is 3. The number of hydrogen-bond acceptors (Lipinski definition) is 8. The maximum Gasteiger partial charge on any atom is 0.315 e. The number of nitro benzene ring substituents is 1. The molecule has 0 radical (unpaired) electrons. The summed E-state index contributed by atoms with van der Waals surface area (Å²) in [5, 5.41) is 50.9. The Hall–Kier alpha value is -3.69. The van der Waals surface area contributed by atoms with E-state index in [0.29, 0.717) is 5.69 Å². The molecule has 0 unspecified atom stereocenters. The summed E-state index contributed by atoms with van der Waals surface area (Å²) >= 11 is 0. The van der Waals surface area contributed by atoms with E-state index < -0.39 is 22.1 Å². The van der Waals surface area contributed by atoms with Crippen LogP contribution in [0.1, 0.15) is 0 Å². The van der Waals surface area contributed by atoms with Crippen molar-refractivity contribution in [2.45, 2.75) is 0 Å². The van der Waals surface area contributed by atoms with Crippen LogP contribution in [0, 0.1) is 10.1 Å². The highest BCUT2D eigenvalue weighted by atomic mass is 16.6. The fourth-order valence-corrected chi connectivity index (χ4v) is 1.93. The van der Waals surface area contributed by atoms with Gasteiger partial charge in [-0.1, -0.05) is 6.07 Å². The Bertz CT molecular complexity index is 908. The van der Waals surface area contributed by atoms with E-state index in [-0.39, 0.29) is 17.1 Å². The van der Waals surface area contributed by atoms with Crippen LogP contribution in [0.25, 0.3) is 17.1 Å². The number of hydrogen-bond donors (Lipinski definition) is 3. The van der Waals surface area contributed by atoms with Crippen LogP contribution in [0.15, 0.2) is 36.4 Å². The molecule has 23 heavy (non-hydrogen) atoms. The minimum Gasteiger partial charge on any atom is -0.508 e. The number of benzene rings is 2. The lowest BCUT2D eigenvalue weighted by Gasteiger charge is -2.01. The molecule has 3 N–H and O–H groups in total. The van der Waals surface area contributed by atoms with E-state index in [9.17, 15) is 25.4 Å². The molecule has 3 aromatic rings. The molecule has 0 bridgehead atoms. The maximum absolute atomic E-state index is 10.9. The second kappa shape index (κ2) is 5.26. The molecule has 0 spiro atoms. The molecule has 0 atom stereocenters. The second-order valence-corrected chi connectivity index (χ2v) is 4.54. The summed E-state index contributed by atoms with van der Waals surface area (Å²) in [7, 11) is 0. The Balaban J connectivity index is 2.06. The molecule has 1 heterocycles. The summed E-state index contributed by atoms with van der Waals surface area (Å²) in [6.45, 7) is 0. The zero-order chi connectivity index (χ0) is 16.6. The van der Waals surface area contributed by atoms with Crippen LogP contribution >= 0.6 is 0 Å². The number of phenolic OH excluding ortho intramolecular Hbond substituents is 3. The predicted molar refractivity (Wildman–Crippen MR) is 76.2 cm³/mol. The Morgan fingerprint density at radius 3 is 2.61 bits per heavy atom. The van der Waals surface area contributed by atoms with Crippen molar-refractivity contribution in [1.82, 2.24) is 20.2 Å². The average molecular weight is 315 g/mol. The smallest absolute Gasteiger partial charge is 0.315 e. The zero-order valence-electron chi connectivity index (χ0n) is 11.4. The van der Waals surface area contributed by atoms with Gasteiger partial charge in [0.25, 0.3) is 0 Å². The molecule has 0 saturated carbocycles. The van der Waals surface area contributed by atoms with Crippen molar-refractivity contribution in [3.8, 4) is 34.3 Å². The summed E-state index contributed by atoms with van der Waals surface area (Å²) in [5.41, 5.74) is -0.131. The van der Waals surface area contributed by atoms with Crippen molar-refractivity contribution in [2.24, 2.45) is 0 Å². The fourth-order valence-electron chi connectivity index (χ4n) is 1.93. The molecule has 2 aromatic carbocycles. The highest BCUT2D eigenvalue weighted by molar-refractivity contribution is 5.68. The lowest BCUT2D eigenvalue weighted by Crippen LogP contribution is -1.98. The van der Waals surface area contributed by atoms with Gasteiger partial charge in [0.2, 0.25) is 11.6 Å². The van der Waals surface area contributed by atoms with Crippen molar-refractivity contribution >= 4 is 5.69 Å². The molecule has 0 saturated heterocycles. The molecular weight excluding hydrogens is 306 g/mol. The molecule has 3 rings (SSSR count). The first-order chi connectivity index (χ1) is 11.0. The molecule has 0 aliphatic carbocycles. The van der Waals surface area contributed by atoms with Gasteiger partial charge in [0.1, 0.15) is 5.75 Å². The lowest BCUT2D eigenvalue weighted by molar-refractivity contribution is -0.385. The van der Waals surface area contributed by atoms with Gasteiger partial charge in [0.05, 0.1) is 10.6 Å². The van der Waals surface area contributed by atoms with Crippen LogP contribution in [0.2, 0.25) is 0 Å².